The number of furan rings is 1. The van der Waals surface area contributed by atoms with Gasteiger partial charge in [0.15, 0.2) is 0 Å². The van der Waals surface area contributed by atoms with Crippen LogP contribution in [-0.4, -0.2) is 17.4 Å². The third-order valence-electron chi connectivity index (χ3n) is 2.81. The molecule has 15 heavy (non-hydrogen) atoms. The lowest BCUT2D eigenvalue weighted by molar-refractivity contribution is -0.133. The molecule has 1 saturated heterocycles. The highest BCUT2D eigenvalue weighted by atomic mass is 16.3. The second-order valence-electron chi connectivity index (χ2n) is 3.85. The normalized spacial score (nSPS) is 17.1. The van der Waals surface area contributed by atoms with E-state index in [-0.39, 0.29) is 5.91 Å². The molecule has 0 unspecified atom stereocenters. The van der Waals surface area contributed by atoms with Gasteiger partial charge < -0.3 is 15.1 Å². The summed E-state index contributed by atoms with van der Waals surface area (Å²) in [6.07, 6.45) is 4.42. The highest BCUT2D eigenvalue weighted by Gasteiger charge is 2.19. The van der Waals surface area contributed by atoms with E-state index >= 15 is 0 Å². The van der Waals surface area contributed by atoms with Crippen LogP contribution >= 0.6 is 0 Å². The maximum atomic E-state index is 11.6. The smallest absolute Gasteiger partial charge is 0.222 e. The summed E-state index contributed by atoms with van der Waals surface area (Å²) in [5.41, 5.74) is 6.57. The zero-order chi connectivity index (χ0) is 10.7. The van der Waals surface area contributed by atoms with Crippen LogP contribution in [0.5, 0.6) is 0 Å². The number of carbonyl (C=O) groups is 1. The Morgan fingerprint density at radius 3 is 3.07 bits per heavy atom. The molecule has 1 aromatic rings. The Hall–Kier alpha value is -1.29. The number of carbonyl (C=O) groups excluding carboxylic acids is 1. The molecule has 0 bridgehead atoms. The second kappa shape index (κ2) is 4.49. The third-order valence-corrected chi connectivity index (χ3v) is 2.81. The Morgan fingerprint density at radius 1 is 1.47 bits per heavy atom. The van der Waals surface area contributed by atoms with E-state index in [1.807, 2.05) is 11.0 Å². The zero-order valence-electron chi connectivity index (χ0n) is 8.74. The van der Waals surface area contributed by atoms with Gasteiger partial charge in [-0.1, -0.05) is 0 Å². The number of hydrogen-bond acceptors (Lipinski definition) is 3. The molecule has 1 amide bonds. The van der Waals surface area contributed by atoms with Gasteiger partial charge in [-0.05, 0) is 18.9 Å². The summed E-state index contributed by atoms with van der Waals surface area (Å²) in [6, 6.07) is 1.89. The fourth-order valence-electron chi connectivity index (χ4n) is 1.92. The fourth-order valence-corrected chi connectivity index (χ4v) is 1.92. The van der Waals surface area contributed by atoms with Gasteiger partial charge in [0.05, 0.1) is 12.8 Å². The van der Waals surface area contributed by atoms with E-state index in [1.165, 1.54) is 0 Å². The Labute approximate surface area is 89.0 Å². The molecule has 0 aromatic carbocycles. The molecular weight excluding hydrogens is 192 g/mol. The molecule has 1 aliphatic rings. The van der Waals surface area contributed by atoms with Crippen LogP contribution < -0.4 is 5.73 Å². The van der Waals surface area contributed by atoms with Crippen LogP contribution in [0.2, 0.25) is 0 Å². The van der Waals surface area contributed by atoms with Gasteiger partial charge in [0.25, 0.3) is 0 Å². The molecule has 2 rings (SSSR count). The first-order valence-electron chi connectivity index (χ1n) is 5.34. The van der Waals surface area contributed by atoms with Crippen molar-refractivity contribution in [3.05, 3.63) is 23.7 Å². The molecule has 0 atom stereocenters. The first kappa shape index (κ1) is 10.2. The summed E-state index contributed by atoms with van der Waals surface area (Å²) in [7, 11) is 0. The molecule has 4 nitrogen and oxygen atoms in total. The van der Waals surface area contributed by atoms with Crippen molar-refractivity contribution < 1.29 is 9.21 Å². The van der Waals surface area contributed by atoms with Crippen molar-refractivity contribution in [1.82, 2.24) is 4.90 Å². The lowest BCUT2D eigenvalue weighted by Gasteiger charge is -2.26. The lowest BCUT2D eigenvalue weighted by atomic mass is 10.1. The van der Waals surface area contributed by atoms with E-state index in [4.69, 9.17) is 10.2 Å². The van der Waals surface area contributed by atoms with E-state index < -0.39 is 0 Å². The Kier molecular flexibility index (Phi) is 3.06. The molecule has 4 heteroatoms. The van der Waals surface area contributed by atoms with Gasteiger partial charge in [0.2, 0.25) is 5.91 Å². The van der Waals surface area contributed by atoms with Gasteiger partial charge in [-0.2, -0.15) is 0 Å². The van der Waals surface area contributed by atoms with Crippen LogP contribution in [0, 0.1) is 0 Å². The van der Waals surface area contributed by atoms with Crippen LogP contribution in [0.15, 0.2) is 16.7 Å². The number of likely N-dealkylation sites (tertiary alicyclic amines) is 1. The summed E-state index contributed by atoms with van der Waals surface area (Å²) >= 11 is 0. The Balaban J connectivity index is 2.04. The van der Waals surface area contributed by atoms with Crippen molar-refractivity contribution in [1.29, 1.82) is 0 Å². The van der Waals surface area contributed by atoms with E-state index in [9.17, 15) is 4.79 Å². The largest absolute Gasteiger partial charge is 0.468 e. The molecule has 1 aromatic heterocycles. The first-order valence-corrected chi connectivity index (χ1v) is 5.34. The Bertz CT molecular complexity index is 346. The fraction of sp³-hybridized carbons (Fsp3) is 0.545. The average Bonchev–Trinajstić information content (AvgIpc) is 2.69. The molecule has 2 N–H and O–H groups in total. The van der Waals surface area contributed by atoms with Crippen molar-refractivity contribution >= 4 is 5.91 Å². The standard InChI is InChI=1S/C11H16N2O2/c12-7-10-9(4-6-15-10)8-13-5-2-1-3-11(13)14/h4,6H,1-3,5,7-8,12H2. The molecule has 0 spiro atoms. The van der Waals surface area contributed by atoms with Gasteiger partial charge in [-0.3, -0.25) is 4.79 Å². The number of rotatable bonds is 3. The molecule has 1 aliphatic heterocycles. The predicted octanol–water partition coefficient (Wildman–Crippen LogP) is 1.25. The number of nitrogens with two attached hydrogens (primary N) is 1. The molecule has 0 radical (unpaired) electrons. The van der Waals surface area contributed by atoms with Gasteiger partial charge >= 0.3 is 0 Å². The quantitative estimate of drug-likeness (QED) is 0.813. The van der Waals surface area contributed by atoms with Crippen molar-refractivity contribution in [2.75, 3.05) is 6.54 Å². The highest BCUT2D eigenvalue weighted by molar-refractivity contribution is 5.76. The van der Waals surface area contributed by atoms with Crippen molar-refractivity contribution in [3.8, 4) is 0 Å². The van der Waals surface area contributed by atoms with Crippen molar-refractivity contribution in [3.63, 3.8) is 0 Å². The molecule has 0 saturated carbocycles. The van der Waals surface area contributed by atoms with Gasteiger partial charge in [0, 0.05) is 25.1 Å². The van der Waals surface area contributed by atoms with Gasteiger partial charge in [0.1, 0.15) is 5.76 Å². The van der Waals surface area contributed by atoms with Crippen LogP contribution in [0.3, 0.4) is 0 Å². The summed E-state index contributed by atoms with van der Waals surface area (Å²) < 4.78 is 5.23. The monoisotopic (exact) mass is 208 g/mol. The predicted molar refractivity (Wildman–Crippen MR) is 55.9 cm³/mol. The lowest BCUT2D eigenvalue weighted by Crippen LogP contribution is -2.34. The zero-order valence-corrected chi connectivity index (χ0v) is 8.74. The molecule has 1 fully saturated rings. The van der Waals surface area contributed by atoms with Crippen molar-refractivity contribution in [2.45, 2.75) is 32.4 Å². The van der Waals surface area contributed by atoms with E-state index in [1.54, 1.807) is 6.26 Å². The van der Waals surface area contributed by atoms with E-state index in [0.29, 0.717) is 19.5 Å². The minimum absolute atomic E-state index is 0.241. The topological polar surface area (TPSA) is 59.5 Å². The molecule has 82 valence electrons. The van der Waals surface area contributed by atoms with E-state index in [0.717, 1.165) is 30.7 Å². The summed E-state index contributed by atoms with van der Waals surface area (Å²) in [4.78, 5) is 13.5. The SMILES string of the molecule is NCc1occc1CN1CCCCC1=O. The van der Waals surface area contributed by atoms with Crippen LogP contribution in [0.25, 0.3) is 0 Å². The Morgan fingerprint density at radius 2 is 2.33 bits per heavy atom. The van der Waals surface area contributed by atoms with Gasteiger partial charge in [-0.25, -0.2) is 0 Å². The van der Waals surface area contributed by atoms with Crippen LogP contribution in [-0.2, 0) is 17.9 Å². The third kappa shape index (κ3) is 2.21. The molecule has 2 heterocycles. The summed E-state index contributed by atoms with van der Waals surface area (Å²) in [6.45, 7) is 1.89. The summed E-state index contributed by atoms with van der Waals surface area (Å²) in [5.74, 6) is 1.03. The van der Waals surface area contributed by atoms with Gasteiger partial charge in [-0.15, -0.1) is 0 Å². The average molecular weight is 208 g/mol. The number of piperidine rings is 1. The van der Waals surface area contributed by atoms with E-state index in [2.05, 4.69) is 0 Å². The first-order chi connectivity index (χ1) is 7.31. The molecule has 0 aliphatic carbocycles. The second-order valence-corrected chi connectivity index (χ2v) is 3.85. The maximum absolute atomic E-state index is 11.6. The minimum atomic E-state index is 0.241. The summed E-state index contributed by atoms with van der Waals surface area (Å²) in [5, 5.41) is 0. The van der Waals surface area contributed by atoms with Crippen molar-refractivity contribution in [2.24, 2.45) is 5.73 Å². The van der Waals surface area contributed by atoms with Crippen LogP contribution in [0.1, 0.15) is 30.6 Å². The number of hydrogen-bond donors (Lipinski definition) is 1. The maximum Gasteiger partial charge on any atom is 0.222 e. The number of nitrogens with zero attached hydrogens (tertiary/aromatic N) is 1. The number of amides is 1. The highest BCUT2D eigenvalue weighted by Crippen LogP contribution is 2.17. The minimum Gasteiger partial charge on any atom is -0.468 e. The molecular formula is C11H16N2O2. The van der Waals surface area contributed by atoms with Crippen LogP contribution in [0.4, 0.5) is 0 Å².